The van der Waals surface area contributed by atoms with Crippen molar-refractivity contribution in [2.45, 2.75) is 25.5 Å². The zero-order chi connectivity index (χ0) is 11.5. The van der Waals surface area contributed by atoms with Crippen LogP contribution < -0.4 is 0 Å². The molecule has 1 aliphatic heterocycles. The Morgan fingerprint density at radius 1 is 1.50 bits per heavy atom. The predicted octanol–water partition coefficient (Wildman–Crippen LogP) is 2.17. The summed E-state index contributed by atoms with van der Waals surface area (Å²) >= 11 is 0. The van der Waals surface area contributed by atoms with Gasteiger partial charge in [0.25, 0.3) is 0 Å². The smallest absolute Gasteiger partial charge is 0.115 e. The SMILES string of the molecule is COC1CCN(C(C)c2cccc(O)c2)C1. The van der Waals surface area contributed by atoms with Gasteiger partial charge in [0.2, 0.25) is 0 Å². The normalized spacial score (nSPS) is 23.5. The number of hydrogen-bond donors (Lipinski definition) is 1. The van der Waals surface area contributed by atoms with Gasteiger partial charge >= 0.3 is 0 Å². The van der Waals surface area contributed by atoms with Crippen molar-refractivity contribution in [2.75, 3.05) is 20.2 Å². The zero-order valence-corrected chi connectivity index (χ0v) is 9.89. The Bertz CT molecular complexity index is 354. The van der Waals surface area contributed by atoms with Crippen molar-refractivity contribution in [1.82, 2.24) is 4.90 Å². The van der Waals surface area contributed by atoms with Crippen molar-refractivity contribution >= 4 is 0 Å². The second-order valence-electron chi connectivity index (χ2n) is 4.41. The van der Waals surface area contributed by atoms with Gasteiger partial charge in [-0.05, 0) is 31.0 Å². The van der Waals surface area contributed by atoms with Gasteiger partial charge in [0.15, 0.2) is 0 Å². The van der Waals surface area contributed by atoms with Gasteiger partial charge in [0.1, 0.15) is 5.75 Å². The monoisotopic (exact) mass is 221 g/mol. The zero-order valence-electron chi connectivity index (χ0n) is 9.89. The van der Waals surface area contributed by atoms with Crippen LogP contribution in [0.15, 0.2) is 24.3 Å². The van der Waals surface area contributed by atoms with E-state index >= 15 is 0 Å². The van der Waals surface area contributed by atoms with Crippen molar-refractivity contribution in [3.05, 3.63) is 29.8 Å². The molecule has 1 aromatic carbocycles. The molecule has 1 heterocycles. The Morgan fingerprint density at radius 3 is 2.94 bits per heavy atom. The minimum Gasteiger partial charge on any atom is -0.508 e. The van der Waals surface area contributed by atoms with Crippen LogP contribution in [0, 0.1) is 0 Å². The largest absolute Gasteiger partial charge is 0.508 e. The molecule has 88 valence electrons. The highest BCUT2D eigenvalue weighted by Gasteiger charge is 2.26. The number of hydrogen-bond acceptors (Lipinski definition) is 3. The molecule has 0 aliphatic carbocycles. The minimum atomic E-state index is 0.340. The highest BCUT2D eigenvalue weighted by atomic mass is 16.5. The van der Waals surface area contributed by atoms with Crippen LogP contribution in [0.1, 0.15) is 24.9 Å². The maximum absolute atomic E-state index is 9.46. The number of phenols is 1. The molecular formula is C13H19NO2. The Labute approximate surface area is 96.6 Å². The molecule has 3 nitrogen and oxygen atoms in total. The van der Waals surface area contributed by atoms with Gasteiger partial charge in [-0.25, -0.2) is 0 Å². The predicted molar refractivity (Wildman–Crippen MR) is 63.5 cm³/mol. The first-order chi connectivity index (χ1) is 7.70. The fraction of sp³-hybridized carbons (Fsp3) is 0.538. The molecule has 0 amide bonds. The molecule has 16 heavy (non-hydrogen) atoms. The lowest BCUT2D eigenvalue weighted by molar-refractivity contribution is 0.102. The first-order valence-corrected chi connectivity index (χ1v) is 5.76. The van der Waals surface area contributed by atoms with E-state index in [1.807, 2.05) is 12.1 Å². The topological polar surface area (TPSA) is 32.7 Å². The average Bonchev–Trinajstić information content (AvgIpc) is 2.76. The van der Waals surface area contributed by atoms with Gasteiger partial charge in [0.05, 0.1) is 6.10 Å². The lowest BCUT2D eigenvalue weighted by Gasteiger charge is -2.24. The minimum absolute atomic E-state index is 0.340. The molecule has 2 unspecified atom stereocenters. The second kappa shape index (κ2) is 4.85. The molecule has 1 N–H and O–H groups in total. The molecule has 2 rings (SSSR count). The summed E-state index contributed by atoms with van der Waals surface area (Å²) in [5.41, 5.74) is 1.16. The molecule has 0 saturated carbocycles. The third kappa shape index (κ3) is 2.36. The number of benzene rings is 1. The van der Waals surface area contributed by atoms with Crippen LogP contribution >= 0.6 is 0 Å². The number of rotatable bonds is 3. The van der Waals surface area contributed by atoms with Gasteiger partial charge in [-0.3, -0.25) is 4.90 Å². The van der Waals surface area contributed by atoms with E-state index in [0.29, 0.717) is 17.9 Å². The first kappa shape index (κ1) is 11.4. The summed E-state index contributed by atoms with van der Waals surface area (Å²) in [4.78, 5) is 2.39. The van der Waals surface area contributed by atoms with E-state index in [9.17, 15) is 5.11 Å². The third-order valence-electron chi connectivity index (χ3n) is 3.41. The Kier molecular flexibility index (Phi) is 3.46. The summed E-state index contributed by atoms with van der Waals surface area (Å²) in [5.74, 6) is 0.340. The van der Waals surface area contributed by atoms with Crippen molar-refractivity contribution in [3.63, 3.8) is 0 Å². The van der Waals surface area contributed by atoms with E-state index in [4.69, 9.17) is 4.74 Å². The van der Waals surface area contributed by atoms with Crippen molar-refractivity contribution in [1.29, 1.82) is 0 Å². The van der Waals surface area contributed by atoms with Crippen molar-refractivity contribution in [2.24, 2.45) is 0 Å². The van der Waals surface area contributed by atoms with Gasteiger partial charge < -0.3 is 9.84 Å². The van der Waals surface area contributed by atoms with Crippen LogP contribution in [0.25, 0.3) is 0 Å². The lowest BCUT2D eigenvalue weighted by Crippen LogP contribution is -2.26. The molecule has 1 saturated heterocycles. The molecule has 0 spiro atoms. The van der Waals surface area contributed by atoms with Crippen LogP contribution in [0.2, 0.25) is 0 Å². The third-order valence-corrected chi connectivity index (χ3v) is 3.41. The molecule has 0 bridgehead atoms. The summed E-state index contributed by atoms with van der Waals surface area (Å²) in [6.07, 6.45) is 1.46. The summed E-state index contributed by atoms with van der Waals surface area (Å²) in [6, 6.07) is 7.84. The first-order valence-electron chi connectivity index (χ1n) is 5.76. The number of phenolic OH excluding ortho intramolecular Hbond substituents is 1. The quantitative estimate of drug-likeness (QED) is 0.849. The molecule has 1 aromatic rings. The van der Waals surface area contributed by atoms with Crippen LogP contribution in [0.4, 0.5) is 0 Å². The summed E-state index contributed by atoms with van der Waals surface area (Å²) in [7, 11) is 1.77. The molecule has 1 aliphatic rings. The Hall–Kier alpha value is -1.06. The van der Waals surface area contributed by atoms with E-state index in [1.54, 1.807) is 13.2 Å². The van der Waals surface area contributed by atoms with E-state index in [0.717, 1.165) is 25.1 Å². The average molecular weight is 221 g/mol. The number of nitrogens with zero attached hydrogens (tertiary/aromatic N) is 1. The van der Waals surface area contributed by atoms with E-state index in [-0.39, 0.29) is 0 Å². The highest BCUT2D eigenvalue weighted by molar-refractivity contribution is 5.29. The summed E-state index contributed by atoms with van der Waals surface area (Å²) in [6.45, 7) is 4.22. The van der Waals surface area contributed by atoms with Crippen molar-refractivity contribution < 1.29 is 9.84 Å². The maximum atomic E-state index is 9.46. The number of likely N-dealkylation sites (tertiary alicyclic amines) is 1. The number of ether oxygens (including phenoxy) is 1. The van der Waals surface area contributed by atoms with Gasteiger partial charge in [0, 0.05) is 26.2 Å². The number of methoxy groups -OCH3 is 1. The highest BCUT2D eigenvalue weighted by Crippen LogP contribution is 2.27. The van der Waals surface area contributed by atoms with Gasteiger partial charge in [-0.2, -0.15) is 0 Å². The molecular weight excluding hydrogens is 202 g/mol. The Balaban J connectivity index is 2.05. The Morgan fingerprint density at radius 2 is 2.31 bits per heavy atom. The molecule has 2 atom stereocenters. The fourth-order valence-corrected chi connectivity index (χ4v) is 2.29. The summed E-state index contributed by atoms with van der Waals surface area (Å²) < 4.78 is 5.36. The van der Waals surface area contributed by atoms with E-state index in [2.05, 4.69) is 17.9 Å². The summed E-state index contributed by atoms with van der Waals surface area (Å²) in [5, 5.41) is 9.46. The maximum Gasteiger partial charge on any atom is 0.115 e. The fourth-order valence-electron chi connectivity index (χ4n) is 2.29. The van der Waals surface area contributed by atoms with Gasteiger partial charge in [-0.1, -0.05) is 12.1 Å². The van der Waals surface area contributed by atoms with E-state index < -0.39 is 0 Å². The van der Waals surface area contributed by atoms with E-state index in [1.165, 1.54) is 0 Å². The number of aromatic hydroxyl groups is 1. The van der Waals surface area contributed by atoms with Crippen LogP contribution in [-0.2, 0) is 4.74 Å². The second-order valence-corrected chi connectivity index (χ2v) is 4.41. The van der Waals surface area contributed by atoms with Gasteiger partial charge in [-0.15, -0.1) is 0 Å². The lowest BCUT2D eigenvalue weighted by atomic mass is 10.1. The van der Waals surface area contributed by atoms with Crippen LogP contribution in [0.5, 0.6) is 5.75 Å². The standard InChI is InChI=1S/C13H19NO2/c1-10(11-4-3-5-12(15)8-11)14-7-6-13(9-14)16-2/h3-5,8,10,13,15H,6-7,9H2,1-2H3. The molecule has 3 heteroatoms. The molecule has 0 radical (unpaired) electrons. The molecule has 1 fully saturated rings. The van der Waals surface area contributed by atoms with Crippen LogP contribution in [0.3, 0.4) is 0 Å². The van der Waals surface area contributed by atoms with Crippen molar-refractivity contribution in [3.8, 4) is 5.75 Å². The molecule has 0 aromatic heterocycles. The van der Waals surface area contributed by atoms with Crippen LogP contribution in [-0.4, -0.2) is 36.3 Å².